The molecular weight excluding hydrogens is 306 g/mol. The van der Waals surface area contributed by atoms with Crippen LogP contribution in [0.4, 0.5) is 0 Å². The number of hydrogen-bond donors (Lipinski definition) is 2. The van der Waals surface area contributed by atoms with E-state index < -0.39 is 0 Å². The molecule has 1 saturated heterocycles. The quantitative estimate of drug-likeness (QED) is 0.410. The average molecular weight is 335 g/mol. The minimum atomic E-state index is 0.299. The van der Waals surface area contributed by atoms with Gasteiger partial charge >= 0.3 is 0 Å². The molecule has 6 heteroatoms. The third-order valence-electron chi connectivity index (χ3n) is 3.95. The number of aliphatic imine (C=N–C) groups is 1. The summed E-state index contributed by atoms with van der Waals surface area (Å²) in [6.07, 6.45) is 3.51. The molecule has 1 aromatic carbocycles. The maximum atomic E-state index is 5.65. The van der Waals surface area contributed by atoms with Gasteiger partial charge in [0.1, 0.15) is 5.75 Å². The summed E-state index contributed by atoms with van der Waals surface area (Å²) in [6.45, 7) is 3.80. The largest absolute Gasteiger partial charge is 0.496 e. The van der Waals surface area contributed by atoms with Crippen molar-refractivity contribution in [2.45, 2.75) is 31.9 Å². The molecule has 0 amide bonds. The van der Waals surface area contributed by atoms with Crippen LogP contribution < -0.4 is 15.4 Å². The molecule has 0 bridgehead atoms. The summed E-state index contributed by atoms with van der Waals surface area (Å²) < 4.78 is 16.5. The summed E-state index contributed by atoms with van der Waals surface area (Å²) in [7, 11) is 3.45. The molecule has 0 spiro atoms. The Morgan fingerprint density at radius 1 is 1.33 bits per heavy atom. The highest BCUT2D eigenvalue weighted by molar-refractivity contribution is 5.79. The van der Waals surface area contributed by atoms with E-state index in [0.29, 0.717) is 19.3 Å². The second kappa shape index (κ2) is 10.9. The number of rotatable bonds is 9. The van der Waals surface area contributed by atoms with Gasteiger partial charge in [0.05, 0.1) is 19.8 Å². The minimum absolute atomic E-state index is 0.299. The molecule has 1 fully saturated rings. The number of nitrogens with zero attached hydrogens (tertiary/aromatic N) is 1. The van der Waals surface area contributed by atoms with Crippen LogP contribution in [-0.2, 0) is 16.0 Å². The van der Waals surface area contributed by atoms with E-state index in [1.165, 1.54) is 0 Å². The van der Waals surface area contributed by atoms with Crippen LogP contribution in [0.5, 0.6) is 5.75 Å². The molecule has 1 aliphatic rings. The van der Waals surface area contributed by atoms with Crippen molar-refractivity contribution in [3.05, 3.63) is 29.8 Å². The van der Waals surface area contributed by atoms with Crippen molar-refractivity contribution in [1.29, 1.82) is 0 Å². The Kier molecular flexibility index (Phi) is 8.41. The number of hydrogen-bond acceptors (Lipinski definition) is 4. The van der Waals surface area contributed by atoms with Gasteiger partial charge in [0.15, 0.2) is 5.96 Å². The molecule has 1 unspecified atom stereocenters. The highest BCUT2D eigenvalue weighted by atomic mass is 16.5. The number of ether oxygens (including phenoxy) is 3. The summed E-state index contributed by atoms with van der Waals surface area (Å²) in [5.41, 5.74) is 1.10. The van der Waals surface area contributed by atoms with E-state index in [1.54, 1.807) is 14.2 Å². The molecule has 0 aliphatic carbocycles. The second-order valence-corrected chi connectivity index (χ2v) is 5.73. The topological polar surface area (TPSA) is 64.1 Å². The monoisotopic (exact) mass is 335 g/mol. The third-order valence-corrected chi connectivity index (χ3v) is 3.95. The van der Waals surface area contributed by atoms with Crippen LogP contribution >= 0.6 is 0 Å². The molecule has 1 aliphatic heterocycles. The Hall–Kier alpha value is -1.79. The number of guanidine groups is 1. The Labute approximate surface area is 144 Å². The lowest BCUT2D eigenvalue weighted by Gasteiger charge is -2.14. The fourth-order valence-electron chi connectivity index (χ4n) is 2.62. The Balaban J connectivity index is 1.58. The summed E-state index contributed by atoms with van der Waals surface area (Å²) in [6, 6.07) is 7.96. The highest BCUT2D eigenvalue weighted by Gasteiger charge is 2.14. The van der Waals surface area contributed by atoms with E-state index in [2.05, 4.69) is 15.6 Å². The zero-order valence-corrected chi connectivity index (χ0v) is 14.7. The van der Waals surface area contributed by atoms with Gasteiger partial charge in [0.2, 0.25) is 0 Å². The van der Waals surface area contributed by atoms with Crippen LogP contribution in [0.3, 0.4) is 0 Å². The zero-order chi connectivity index (χ0) is 17.0. The lowest BCUT2D eigenvalue weighted by Crippen LogP contribution is -2.37. The highest BCUT2D eigenvalue weighted by Crippen LogP contribution is 2.16. The van der Waals surface area contributed by atoms with Crippen LogP contribution in [0, 0.1) is 0 Å². The van der Waals surface area contributed by atoms with Crippen LogP contribution in [0.15, 0.2) is 29.3 Å². The summed E-state index contributed by atoms with van der Waals surface area (Å²) in [5.74, 6) is 1.66. The molecule has 6 nitrogen and oxygen atoms in total. The van der Waals surface area contributed by atoms with E-state index in [1.807, 2.05) is 24.3 Å². The number of para-hydroxylation sites is 1. The molecule has 1 heterocycles. The predicted molar refractivity (Wildman–Crippen MR) is 95.6 cm³/mol. The SMILES string of the molecule is CN=C(NCCCOCC1CCCO1)NCc1ccccc1OC. The molecule has 2 N–H and O–H groups in total. The summed E-state index contributed by atoms with van der Waals surface area (Å²) >= 11 is 0. The number of benzene rings is 1. The van der Waals surface area contributed by atoms with Gasteiger partial charge in [0, 0.05) is 38.9 Å². The van der Waals surface area contributed by atoms with Crippen molar-refractivity contribution in [3.8, 4) is 5.75 Å². The first-order valence-electron chi connectivity index (χ1n) is 8.59. The maximum Gasteiger partial charge on any atom is 0.191 e. The van der Waals surface area contributed by atoms with Crippen LogP contribution in [-0.4, -0.2) is 52.6 Å². The molecule has 24 heavy (non-hydrogen) atoms. The number of nitrogens with one attached hydrogen (secondary N) is 2. The fraction of sp³-hybridized carbons (Fsp3) is 0.611. The lowest BCUT2D eigenvalue weighted by molar-refractivity contribution is 0.0168. The molecular formula is C18H29N3O3. The molecule has 0 radical (unpaired) electrons. The Bertz CT molecular complexity index is 502. The van der Waals surface area contributed by atoms with Crippen molar-refractivity contribution < 1.29 is 14.2 Å². The van der Waals surface area contributed by atoms with Crippen molar-refractivity contribution in [3.63, 3.8) is 0 Å². The Morgan fingerprint density at radius 2 is 2.21 bits per heavy atom. The predicted octanol–water partition coefficient (Wildman–Crippen LogP) is 1.95. The molecule has 1 aromatic rings. The van der Waals surface area contributed by atoms with E-state index in [9.17, 15) is 0 Å². The van der Waals surface area contributed by atoms with Crippen LogP contribution in [0.25, 0.3) is 0 Å². The smallest absolute Gasteiger partial charge is 0.191 e. The number of methoxy groups -OCH3 is 1. The van der Waals surface area contributed by atoms with Gasteiger partial charge < -0.3 is 24.8 Å². The summed E-state index contributed by atoms with van der Waals surface area (Å²) in [4.78, 5) is 4.23. The van der Waals surface area contributed by atoms with Gasteiger partial charge in [-0.2, -0.15) is 0 Å². The van der Waals surface area contributed by atoms with Gasteiger partial charge in [-0.1, -0.05) is 18.2 Å². The Morgan fingerprint density at radius 3 is 2.96 bits per heavy atom. The average Bonchev–Trinajstić information content (AvgIpc) is 3.14. The second-order valence-electron chi connectivity index (χ2n) is 5.73. The zero-order valence-electron chi connectivity index (χ0n) is 14.7. The minimum Gasteiger partial charge on any atom is -0.496 e. The maximum absolute atomic E-state index is 5.65. The standard InChI is InChI=1S/C18H29N3O3/c1-19-18(21-13-15-7-3-4-9-17(15)22-2)20-10-6-11-23-14-16-8-5-12-24-16/h3-4,7,9,16H,5-6,8,10-14H2,1-2H3,(H2,19,20,21). The van der Waals surface area contributed by atoms with E-state index in [0.717, 1.165) is 56.3 Å². The van der Waals surface area contributed by atoms with Crippen molar-refractivity contribution in [2.75, 3.05) is 40.5 Å². The molecule has 1 atom stereocenters. The van der Waals surface area contributed by atoms with Gasteiger partial charge in [-0.25, -0.2) is 0 Å². The van der Waals surface area contributed by atoms with E-state index in [4.69, 9.17) is 14.2 Å². The fourth-order valence-corrected chi connectivity index (χ4v) is 2.62. The van der Waals surface area contributed by atoms with Gasteiger partial charge in [-0.15, -0.1) is 0 Å². The third kappa shape index (κ3) is 6.37. The van der Waals surface area contributed by atoms with Crippen molar-refractivity contribution in [1.82, 2.24) is 10.6 Å². The van der Waals surface area contributed by atoms with E-state index in [-0.39, 0.29) is 0 Å². The summed E-state index contributed by atoms with van der Waals surface area (Å²) in [5, 5.41) is 6.59. The first-order valence-corrected chi connectivity index (χ1v) is 8.59. The van der Waals surface area contributed by atoms with Crippen molar-refractivity contribution in [2.24, 2.45) is 4.99 Å². The van der Waals surface area contributed by atoms with Crippen LogP contribution in [0.2, 0.25) is 0 Å². The van der Waals surface area contributed by atoms with Crippen LogP contribution in [0.1, 0.15) is 24.8 Å². The lowest BCUT2D eigenvalue weighted by atomic mass is 10.2. The first-order chi connectivity index (χ1) is 11.8. The molecule has 2 rings (SSSR count). The molecule has 0 saturated carbocycles. The van der Waals surface area contributed by atoms with E-state index >= 15 is 0 Å². The van der Waals surface area contributed by atoms with Crippen molar-refractivity contribution >= 4 is 5.96 Å². The normalized spacial score (nSPS) is 17.8. The van der Waals surface area contributed by atoms with Gasteiger partial charge in [0.25, 0.3) is 0 Å². The van der Waals surface area contributed by atoms with Gasteiger partial charge in [-0.05, 0) is 25.3 Å². The molecule has 0 aromatic heterocycles. The van der Waals surface area contributed by atoms with Gasteiger partial charge in [-0.3, -0.25) is 4.99 Å². The molecule has 134 valence electrons. The first kappa shape index (κ1) is 18.5.